The van der Waals surface area contributed by atoms with Crippen LogP contribution in [0.3, 0.4) is 0 Å². The highest BCUT2D eigenvalue weighted by Gasteiger charge is 2.24. The minimum Gasteiger partial charge on any atom is -0.494 e. The number of nitrogens with zero attached hydrogens (tertiary/aromatic N) is 3. The molecule has 11 nitrogen and oxygen atoms in total. The SMILES string of the molecule is COC(=O)c1cc(OC)c2c(c1)nc(-c1cc3ccc(-c4ccccc4C(=O)OC(C)(C)C)cc3n1CCCCCCNC(=O)OC(C)(C)C)n2C. The third-order valence-corrected chi connectivity index (χ3v) is 8.54. The number of carbonyl (C=O) groups is 3. The number of unbranched alkanes of at least 4 members (excludes halogenated alkanes) is 3. The summed E-state index contributed by atoms with van der Waals surface area (Å²) in [5, 5.41) is 3.86. The van der Waals surface area contributed by atoms with E-state index in [-0.39, 0.29) is 5.97 Å². The van der Waals surface area contributed by atoms with Crippen LogP contribution in [0.4, 0.5) is 4.79 Å². The van der Waals surface area contributed by atoms with Gasteiger partial charge in [0.15, 0.2) is 5.82 Å². The number of amides is 1. The Bertz CT molecular complexity index is 2100. The molecule has 1 amide bonds. The number of fused-ring (bicyclic) bond motifs is 2. The van der Waals surface area contributed by atoms with Gasteiger partial charge in [0.2, 0.25) is 0 Å². The van der Waals surface area contributed by atoms with Gasteiger partial charge in [-0.15, -0.1) is 0 Å². The standard InChI is InChI=1S/C41H50N4O7/c1-40(2,3)51-38(47)30-17-13-12-16-29(30)26-18-19-27-24-33(36-43-31-22-28(37(46)50-9)25-34(49-8)35(31)44(36)7)45(32(27)23-26)21-15-11-10-14-20-42-39(48)52-41(4,5)6/h12-13,16-19,22-25H,10-11,14-15,20-21H2,1-9H3,(H,42,48). The molecule has 0 aliphatic heterocycles. The van der Waals surface area contributed by atoms with E-state index < -0.39 is 23.3 Å². The topological polar surface area (TPSA) is 123 Å². The van der Waals surface area contributed by atoms with Gasteiger partial charge in [-0.25, -0.2) is 19.4 Å². The number of rotatable bonds is 12. The average molecular weight is 711 g/mol. The molecular weight excluding hydrogens is 660 g/mol. The fraction of sp³-hybridized carbons (Fsp3) is 0.415. The summed E-state index contributed by atoms with van der Waals surface area (Å²) < 4.78 is 26.0. The van der Waals surface area contributed by atoms with Crippen molar-refractivity contribution >= 4 is 40.0 Å². The lowest BCUT2D eigenvalue weighted by Crippen LogP contribution is -2.32. The van der Waals surface area contributed by atoms with Crippen LogP contribution in [0, 0.1) is 0 Å². The Balaban J connectivity index is 1.51. The number of aryl methyl sites for hydroxylation is 2. The molecule has 3 aromatic carbocycles. The van der Waals surface area contributed by atoms with Gasteiger partial charge >= 0.3 is 18.0 Å². The quantitative estimate of drug-likeness (QED) is 0.0775. The van der Waals surface area contributed by atoms with E-state index >= 15 is 0 Å². The predicted octanol–water partition coefficient (Wildman–Crippen LogP) is 8.70. The first-order valence-electron chi connectivity index (χ1n) is 17.7. The van der Waals surface area contributed by atoms with Gasteiger partial charge < -0.3 is 33.4 Å². The molecule has 276 valence electrons. The van der Waals surface area contributed by atoms with Crippen LogP contribution in [0.15, 0.2) is 60.7 Å². The van der Waals surface area contributed by atoms with Gasteiger partial charge in [0, 0.05) is 31.0 Å². The Morgan fingerprint density at radius 3 is 2.21 bits per heavy atom. The zero-order valence-corrected chi connectivity index (χ0v) is 31.7. The minimum atomic E-state index is -0.630. The summed E-state index contributed by atoms with van der Waals surface area (Å²) >= 11 is 0. The molecular formula is C41H50N4O7. The Kier molecular flexibility index (Phi) is 11.3. The number of imidazole rings is 1. The van der Waals surface area contributed by atoms with E-state index in [1.54, 1.807) is 25.3 Å². The van der Waals surface area contributed by atoms with Crippen molar-refractivity contribution < 1.29 is 33.3 Å². The number of benzene rings is 3. The Labute approximate surface area is 305 Å². The number of esters is 2. The summed E-state index contributed by atoms with van der Waals surface area (Å²) in [5.74, 6) is 0.383. The summed E-state index contributed by atoms with van der Waals surface area (Å²) in [5.41, 5.74) is 4.63. The van der Waals surface area contributed by atoms with E-state index in [1.165, 1.54) is 7.11 Å². The number of methoxy groups -OCH3 is 2. The average Bonchev–Trinajstić information content (AvgIpc) is 3.61. The molecule has 2 heterocycles. The molecule has 0 bridgehead atoms. The zero-order chi connectivity index (χ0) is 37.8. The van der Waals surface area contributed by atoms with Crippen LogP contribution in [0.1, 0.15) is 87.9 Å². The number of alkyl carbamates (subject to hydrolysis) is 1. The van der Waals surface area contributed by atoms with Crippen molar-refractivity contribution in [3.8, 4) is 28.4 Å². The van der Waals surface area contributed by atoms with Crippen LogP contribution in [-0.2, 0) is 27.8 Å². The molecule has 0 unspecified atom stereocenters. The number of hydrogen-bond donors (Lipinski definition) is 1. The van der Waals surface area contributed by atoms with Crippen LogP contribution < -0.4 is 10.1 Å². The molecule has 0 fully saturated rings. The van der Waals surface area contributed by atoms with Crippen molar-refractivity contribution in [2.24, 2.45) is 7.05 Å². The van der Waals surface area contributed by atoms with Gasteiger partial charge in [0.05, 0.1) is 36.6 Å². The van der Waals surface area contributed by atoms with Crippen LogP contribution in [0.2, 0.25) is 0 Å². The van der Waals surface area contributed by atoms with E-state index in [0.29, 0.717) is 41.3 Å². The molecule has 0 aliphatic rings. The molecule has 0 atom stereocenters. The second-order valence-corrected chi connectivity index (χ2v) is 14.9. The number of aromatic nitrogens is 3. The predicted molar refractivity (Wildman–Crippen MR) is 203 cm³/mol. The summed E-state index contributed by atoms with van der Waals surface area (Å²) in [4.78, 5) is 42.8. The van der Waals surface area contributed by atoms with Gasteiger partial charge in [0.25, 0.3) is 0 Å². The van der Waals surface area contributed by atoms with E-state index in [1.807, 2.05) is 77.4 Å². The van der Waals surface area contributed by atoms with Gasteiger partial charge in [-0.1, -0.05) is 43.2 Å². The minimum absolute atomic E-state index is 0.353. The van der Waals surface area contributed by atoms with Gasteiger partial charge in [-0.05, 0) is 95.8 Å². The molecule has 0 aliphatic carbocycles. The fourth-order valence-corrected chi connectivity index (χ4v) is 6.28. The van der Waals surface area contributed by atoms with Crippen molar-refractivity contribution in [2.75, 3.05) is 20.8 Å². The lowest BCUT2D eigenvalue weighted by atomic mass is 9.98. The lowest BCUT2D eigenvalue weighted by molar-refractivity contribution is 0.00699. The normalized spacial score (nSPS) is 11.9. The van der Waals surface area contributed by atoms with E-state index in [9.17, 15) is 14.4 Å². The largest absolute Gasteiger partial charge is 0.494 e. The second-order valence-electron chi connectivity index (χ2n) is 14.9. The third-order valence-electron chi connectivity index (χ3n) is 8.54. The highest BCUT2D eigenvalue weighted by Crippen LogP contribution is 2.36. The first kappa shape index (κ1) is 37.9. The van der Waals surface area contributed by atoms with Crippen LogP contribution in [-0.4, -0.2) is 64.1 Å². The number of hydrogen-bond acceptors (Lipinski definition) is 8. The van der Waals surface area contributed by atoms with E-state index in [0.717, 1.165) is 58.9 Å². The van der Waals surface area contributed by atoms with E-state index in [2.05, 4.69) is 28.1 Å². The summed E-state index contributed by atoms with van der Waals surface area (Å²) in [6.07, 6.45) is 3.17. The van der Waals surface area contributed by atoms with Crippen molar-refractivity contribution in [1.29, 1.82) is 0 Å². The smallest absolute Gasteiger partial charge is 0.407 e. The van der Waals surface area contributed by atoms with Gasteiger partial charge in [-0.2, -0.15) is 0 Å². The number of carbonyl (C=O) groups excluding carboxylic acids is 3. The maximum atomic E-state index is 13.3. The van der Waals surface area contributed by atoms with Crippen LogP contribution in [0.25, 0.3) is 44.6 Å². The second kappa shape index (κ2) is 15.5. The van der Waals surface area contributed by atoms with Crippen LogP contribution in [0.5, 0.6) is 5.75 Å². The van der Waals surface area contributed by atoms with Crippen molar-refractivity contribution in [3.63, 3.8) is 0 Å². The molecule has 0 saturated carbocycles. The monoisotopic (exact) mass is 710 g/mol. The molecule has 0 radical (unpaired) electrons. The van der Waals surface area contributed by atoms with E-state index in [4.69, 9.17) is 23.9 Å². The molecule has 1 N–H and O–H groups in total. The Hall–Kier alpha value is -5.32. The fourth-order valence-electron chi connectivity index (χ4n) is 6.28. The molecule has 2 aromatic heterocycles. The first-order chi connectivity index (χ1) is 24.6. The highest BCUT2D eigenvalue weighted by atomic mass is 16.6. The molecule has 52 heavy (non-hydrogen) atoms. The highest BCUT2D eigenvalue weighted by molar-refractivity contribution is 6.00. The maximum Gasteiger partial charge on any atom is 0.407 e. The lowest BCUT2D eigenvalue weighted by Gasteiger charge is -2.20. The summed E-state index contributed by atoms with van der Waals surface area (Å²) in [7, 11) is 4.85. The number of ether oxygens (including phenoxy) is 4. The molecule has 11 heteroatoms. The van der Waals surface area contributed by atoms with Crippen LogP contribution >= 0.6 is 0 Å². The van der Waals surface area contributed by atoms with Crippen molar-refractivity contribution in [1.82, 2.24) is 19.4 Å². The Morgan fingerprint density at radius 1 is 0.808 bits per heavy atom. The molecule has 0 saturated heterocycles. The first-order valence-corrected chi connectivity index (χ1v) is 17.7. The van der Waals surface area contributed by atoms with Crippen molar-refractivity contribution in [2.45, 2.75) is 85.0 Å². The third kappa shape index (κ3) is 8.75. The zero-order valence-electron chi connectivity index (χ0n) is 31.7. The Morgan fingerprint density at radius 2 is 1.52 bits per heavy atom. The molecule has 5 rings (SSSR count). The van der Waals surface area contributed by atoms with Crippen molar-refractivity contribution in [3.05, 3.63) is 71.8 Å². The molecule has 5 aromatic rings. The van der Waals surface area contributed by atoms with Gasteiger partial charge in [0.1, 0.15) is 22.5 Å². The number of nitrogens with one attached hydrogen (secondary N) is 1. The van der Waals surface area contributed by atoms with Gasteiger partial charge in [-0.3, -0.25) is 0 Å². The summed E-state index contributed by atoms with van der Waals surface area (Å²) in [6, 6.07) is 19.2. The summed E-state index contributed by atoms with van der Waals surface area (Å²) in [6.45, 7) is 12.4. The maximum absolute atomic E-state index is 13.3. The molecule has 0 spiro atoms.